The summed E-state index contributed by atoms with van der Waals surface area (Å²) in [5, 5.41) is 0. The van der Waals surface area contributed by atoms with Crippen LogP contribution >= 0.6 is 0 Å². The average molecular weight is 362 g/mol. The number of rotatable bonds is 2. The van der Waals surface area contributed by atoms with Crippen molar-refractivity contribution in [2.24, 2.45) is 0 Å². The molecule has 4 heteroatoms. The Morgan fingerprint density at radius 3 is 2.05 bits per heavy atom. The summed E-state index contributed by atoms with van der Waals surface area (Å²) in [7, 11) is 0. The minimum absolute atomic E-state index is 0. The maximum atomic E-state index is 3.60. The predicted octanol–water partition coefficient (Wildman–Crippen LogP) is -1.83. The van der Waals surface area contributed by atoms with Gasteiger partial charge < -0.3 is 24.8 Å². The van der Waals surface area contributed by atoms with Crippen LogP contribution in [0.5, 0.6) is 0 Å². The van der Waals surface area contributed by atoms with Crippen LogP contribution < -0.4 is 28.8 Å². The number of allylic oxidation sites excluding steroid dienone is 4. The van der Waals surface area contributed by atoms with E-state index in [1.54, 1.807) is 9.44 Å². The molecule has 116 valence electrons. The van der Waals surface area contributed by atoms with E-state index in [1.165, 1.54) is 9.56 Å². The predicted molar refractivity (Wildman–Crippen MR) is 79.7 cm³/mol. The van der Waals surface area contributed by atoms with Crippen molar-refractivity contribution >= 4 is 4.00 Å². The second kappa shape index (κ2) is 7.55. The molecular weight excluding hydrogens is 337 g/mol. The summed E-state index contributed by atoms with van der Waals surface area (Å²) in [4.78, 5) is 3.60. The van der Waals surface area contributed by atoms with Crippen LogP contribution in [-0.2, 0) is 30.0 Å². The van der Waals surface area contributed by atoms with Crippen LogP contribution in [0.3, 0.4) is 0 Å². The van der Waals surface area contributed by atoms with E-state index in [1.807, 2.05) is 0 Å². The molecule has 0 atom stereocenters. The molecule has 0 fully saturated rings. The Kier molecular flexibility index (Phi) is 7.57. The van der Waals surface area contributed by atoms with Gasteiger partial charge in [0.2, 0.25) is 0 Å². The molecule has 1 nitrogen and oxygen atoms in total. The first-order valence-corrected chi connectivity index (χ1v) is 8.61. The summed E-state index contributed by atoms with van der Waals surface area (Å²) in [5.74, 6) is 0. The molecule has 0 unspecified atom stereocenters. The van der Waals surface area contributed by atoms with Crippen molar-refractivity contribution in [2.45, 2.75) is 58.8 Å². The summed E-state index contributed by atoms with van der Waals surface area (Å²) in [6.45, 7) is 13.9. The molecule has 0 radical (unpaired) electrons. The minimum Gasteiger partial charge on any atom is -1.00 e. The molecule has 0 amide bonds. The third-order valence-electron chi connectivity index (χ3n) is 3.50. The largest absolute Gasteiger partial charge is 1.00 e. The molecule has 0 saturated carbocycles. The van der Waals surface area contributed by atoms with Gasteiger partial charge in [0.05, 0.1) is 0 Å². The van der Waals surface area contributed by atoms with Gasteiger partial charge >= 0.3 is 126 Å². The molecule has 2 rings (SSSR count). The monoisotopic (exact) mass is 361 g/mol. The first kappa shape index (κ1) is 21.1. The zero-order valence-electron chi connectivity index (χ0n) is 13.8. The third-order valence-corrected chi connectivity index (χ3v) is 5.58. The van der Waals surface area contributed by atoms with Gasteiger partial charge in [0, 0.05) is 0 Å². The van der Waals surface area contributed by atoms with Crippen molar-refractivity contribution in [3.8, 4) is 0 Å². The number of aromatic amines is 1. The zero-order chi connectivity index (χ0) is 14.3. The summed E-state index contributed by atoms with van der Waals surface area (Å²) >= 11 is -0.199. The Morgan fingerprint density at radius 2 is 1.62 bits per heavy atom. The summed E-state index contributed by atoms with van der Waals surface area (Å²) in [6.07, 6.45) is 10.2. The quantitative estimate of drug-likeness (QED) is 0.596. The fourth-order valence-electron chi connectivity index (χ4n) is 2.59. The average Bonchev–Trinajstić information content (AvgIpc) is 2.84. The maximum Gasteiger partial charge on any atom is -1.00 e. The van der Waals surface area contributed by atoms with Crippen molar-refractivity contribution in [1.82, 2.24) is 4.98 Å². The second-order valence-corrected chi connectivity index (χ2v) is 9.58. The van der Waals surface area contributed by atoms with Crippen molar-refractivity contribution in [2.75, 3.05) is 0 Å². The molecular formula is C17H25Cl2NTi. The molecule has 0 bridgehead atoms. The number of hydrogen-bond donors (Lipinski definition) is 1. The smallest absolute Gasteiger partial charge is 1.00 e. The van der Waals surface area contributed by atoms with Crippen LogP contribution in [0.15, 0.2) is 28.3 Å². The zero-order valence-corrected chi connectivity index (χ0v) is 16.8. The molecule has 0 saturated heterocycles. The molecule has 1 aliphatic carbocycles. The Bertz CT molecular complexity index is 528. The molecule has 21 heavy (non-hydrogen) atoms. The van der Waals surface area contributed by atoms with E-state index < -0.39 is 0 Å². The first-order chi connectivity index (χ1) is 8.69. The van der Waals surface area contributed by atoms with Crippen LogP contribution in [0.4, 0.5) is 0 Å². The van der Waals surface area contributed by atoms with E-state index in [9.17, 15) is 0 Å². The van der Waals surface area contributed by atoms with E-state index in [4.69, 9.17) is 0 Å². The number of halogens is 2. The maximum absolute atomic E-state index is 3.60. The van der Waals surface area contributed by atoms with Crippen LogP contribution in [-0.4, -0.2) is 4.98 Å². The number of H-pyrrole nitrogens is 1. The van der Waals surface area contributed by atoms with E-state index in [2.05, 4.69) is 71.0 Å². The SMILES string of the molecule is CC(C)(C)c1c[nH][c]([Ti+2][C]2=CC=CC2)c1C(C)(C)C.[Cl-].[Cl-]. The van der Waals surface area contributed by atoms with E-state index in [0.717, 1.165) is 6.42 Å². The van der Waals surface area contributed by atoms with Gasteiger partial charge in [0.25, 0.3) is 0 Å². The van der Waals surface area contributed by atoms with Gasteiger partial charge in [-0.05, 0) is 0 Å². The fraction of sp³-hybridized carbons (Fsp3) is 0.529. The standard InChI is InChI=1S/C12H20N.C5H5.2ClH.Ti/c1-11(2,3)9-7-13-8-10(9)12(4,5)6;1-2-4-5-3-1;;;/h7,13H,1-6H3;1-3H,4H2;2*1H;/q;;;;+2/p-2. The van der Waals surface area contributed by atoms with Crippen molar-refractivity contribution in [1.29, 1.82) is 0 Å². The van der Waals surface area contributed by atoms with E-state index in [0.29, 0.717) is 0 Å². The van der Waals surface area contributed by atoms with Crippen molar-refractivity contribution in [3.63, 3.8) is 0 Å². The Balaban J connectivity index is 0.00000200. The third kappa shape index (κ3) is 5.03. The second-order valence-electron chi connectivity index (χ2n) is 7.40. The first-order valence-electron chi connectivity index (χ1n) is 7.04. The van der Waals surface area contributed by atoms with Crippen LogP contribution in [0, 0.1) is 0 Å². The summed E-state index contributed by atoms with van der Waals surface area (Å²) in [6, 6.07) is 0. The molecule has 1 N–H and O–H groups in total. The Hall–Kier alpha value is 0.0543. The minimum atomic E-state index is -0.199. The van der Waals surface area contributed by atoms with Gasteiger partial charge in [-0.2, -0.15) is 0 Å². The van der Waals surface area contributed by atoms with Crippen molar-refractivity contribution in [3.05, 3.63) is 39.4 Å². The number of nitrogens with one attached hydrogen (secondary N) is 1. The Labute approximate surface area is 150 Å². The number of aromatic nitrogens is 1. The van der Waals surface area contributed by atoms with Gasteiger partial charge in [-0.25, -0.2) is 0 Å². The Morgan fingerprint density at radius 1 is 1.00 bits per heavy atom. The molecule has 1 heterocycles. The fourth-order valence-corrected chi connectivity index (χ4v) is 4.93. The van der Waals surface area contributed by atoms with E-state index in [-0.39, 0.29) is 54.8 Å². The normalized spacial score (nSPS) is 14.1. The molecule has 1 aromatic heterocycles. The molecule has 1 aliphatic rings. The molecule has 1 aromatic rings. The van der Waals surface area contributed by atoms with Crippen molar-refractivity contribution < 1.29 is 44.0 Å². The van der Waals surface area contributed by atoms with Gasteiger partial charge in [-0.3, -0.25) is 0 Å². The number of hydrogen-bond acceptors (Lipinski definition) is 0. The summed E-state index contributed by atoms with van der Waals surface area (Å²) in [5.41, 5.74) is 3.48. The van der Waals surface area contributed by atoms with Crippen LogP contribution in [0.1, 0.15) is 59.1 Å². The molecule has 0 spiro atoms. The van der Waals surface area contributed by atoms with Gasteiger partial charge in [-0.1, -0.05) is 0 Å². The molecule has 0 aliphatic heterocycles. The van der Waals surface area contributed by atoms with Gasteiger partial charge in [-0.15, -0.1) is 0 Å². The van der Waals surface area contributed by atoms with Gasteiger partial charge in [0.15, 0.2) is 0 Å². The topological polar surface area (TPSA) is 15.8 Å². The van der Waals surface area contributed by atoms with Crippen LogP contribution in [0.25, 0.3) is 0 Å². The molecule has 0 aromatic carbocycles. The van der Waals surface area contributed by atoms with Gasteiger partial charge in [0.1, 0.15) is 0 Å². The van der Waals surface area contributed by atoms with E-state index >= 15 is 0 Å². The summed E-state index contributed by atoms with van der Waals surface area (Å²) < 4.78 is 3.15. The van der Waals surface area contributed by atoms with Crippen LogP contribution in [0.2, 0.25) is 0 Å².